The zero-order valence-corrected chi connectivity index (χ0v) is 20.3. The molecule has 9 heteroatoms. The van der Waals surface area contributed by atoms with Gasteiger partial charge in [0.15, 0.2) is 5.82 Å². The number of nitrogens with one attached hydrogen (secondary N) is 1. The van der Waals surface area contributed by atoms with E-state index in [4.69, 9.17) is 28.3 Å². The summed E-state index contributed by atoms with van der Waals surface area (Å²) in [5.74, 6) is -0.347. The summed E-state index contributed by atoms with van der Waals surface area (Å²) in [7, 11) is 1.67. The Morgan fingerprint density at radius 3 is 2.03 bits per heavy atom. The van der Waals surface area contributed by atoms with Gasteiger partial charge < -0.3 is 16.8 Å². The minimum absolute atomic E-state index is 0.0766. The average molecular weight is 475 g/mol. The maximum absolute atomic E-state index is 11.4. The van der Waals surface area contributed by atoms with Gasteiger partial charge in [-0.3, -0.25) is 14.3 Å². The van der Waals surface area contributed by atoms with Gasteiger partial charge in [0.1, 0.15) is 5.56 Å². The number of anilines is 1. The first-order valence-corrected chi connectivity index (χ1v) is 11.6. The van der Waals surface area contributed by atoms with E-state index in [2.05, 4.69) is 10.4 Å². The van der Waals surface area contributed by atoms with Gasteiger partial charge in [-0.25, -0.2) is 0 Å². The number of amides is 2. The second kappa shape index (κ2) is 15.8. The first-order chi connectivity index (χ1) is 15.8. The molecule has 1 aromatic heterocycles. The molecule has 2 saturated carbocycles. The predicted octanol–water partition coefficient (Wildman–Crippen LogP) is 4.54. The molecule has 33 heavy (non-hydrogen) atoms. The van der Waals surface area contributed by atoms with Gasteiger partial charge in [-0.2, -0.15) is 10.4 Å². The Kier molecular flexibility index (Phi) is 13.5. The van der Waals surface area contributed by atoms with E-state index in [1.54, 1.807) is 13.1 Å². The molecule has 0 bridgehead atoms. The van der Waals surface area contributed by atoms with Crippen LogP contribution in [0.5, 0.6) is 0 Å². The van der Waals surface area contributed by atoms with Crippen molar-refractivity contribution in [1.82, 2.24) is 9.78 Å². The van der Waals surface area contributed by atoms with Crippen molar-refractivity contribution in [2.75, 3.05) is 5.32 Å². The molecule has 0 spiro atoms. The molecule has 2 aromatic rings. The van der Waals surface area contributed by atoms with Crippen LogP contribution in [-0.4, -0.2) is 21.6 Å². The molecule has 8 nitrogen and oxygen atoms in total. The highest BCUT2D eigenvalue weighted by molar-refractivity contribution is 6.30. The van der Waals surface area contributed by atoms with Gasteiger partial charge in [-0.05, 0) is 30.5 Å². The van der Waals surface area contributed by atoms with Gasteiger partial charge in [-0.15, -0.1) is 0 Å². The summed E-state index contributed by atoms with van der Waals surface area (Å²) >= 11 is 5.63. The van der Waals surface area contributed by atoms with E-state index in [-0.39, 0.29) is 23.2 Å². The lowest BCUT2D eigenvalue weighted by atomic mass is 10.0. The molecule has 2 aliphatic carbocycles. The Hall–Kier alpha value is -2.89. The zero-order chi connectivity index (χ0) is 24.6. The Morgan fingerprint density at radius 2 is 1.64 bits per heavy atom. The number of nitriles is 1. The summed E-state index contributed by atoms with van der Waals surface area (Å²) in [6, 6.07) is 9.26. The Morgan fingerprint density at radius 1 is 1.15 bits per heavy atom. The highest BCUT2D eigenvalue weighted by atomic mass is 35.5. The Labute approximate surface area is 201 Å². The molecule has 2 amide bonds. The molecule has 2 fully saturated rings. The Balaban J connectivity index is 0.000000256. The third-order valence-electron chi connectivity index (χ3n) is 4.93. The lowest BCUT2D eigenvalue weighted by molar-refractivity contribution is -0.117. The van der Waals surface area contributed by atoms with E-state index in [0.717, 1.165) is 23.4 Å². The smallest absolute Gasteiger partial charge is 0.254 e. The van der Waals surface area contributed by atoms with Crippen molar-refractivity contribution in [1.29, 1.82) is 5.26 Å². The first-order valence-electron chi connectivity index (χ1n) is 11.2. The van der Waals surface area contributed by atoms with Crippen LogP contribution in [0.2, 0.25) is 5.02 Å². The van der Waals surface area contributed by atoms with Crippen LogP contribution in [0.25, 0.3) is 0 Å². The summed E-state index contributed by atoms with van der Waals surface area (Å²) in [5, 5.41) is 14.6. The number of nitrogens with two attached hydrogens (primary N) is 2. The number of primary amides is 1. The highest BCUT2D eigenvalue weighted by Gasteiger charge is 2.30. The number of rotatable bonds is 4. The molecule has 180 valence electrons. The molecule has 0 aliphatic heterocycles. The highest BCUT2D eigenvalue weighted by Crippen LogP contribution is 2.30. The number of halogens is 1. The minimum Gasteiger partial charge on any atom is -0.365 e. The molecule has 5 N–H and O–H groups in total. The zero-order valence-electron chi connectivity index (χ0n) is 19.5. The topological polar surface area (TPSA) is 140 Å². The molecule has 2 aliphatic rings. The average Bonchev–Trinajstić information content (AvgIpc) is 3.60. The molecule has 0 saturated heterocycles. The van der Waals surface area contributed by atoms with Crippen LogP contribution in [0.3, 0.4) is 0 Å². The van der Waals surface area contributed by atoms with Crippen molar-refractivity contribution >= 4 is 29.2 Å². The number of hydrogen-bond acceptors (Lipinski definition) is 5. The summed E-state index contributed by atoms with van der Waals surface area (Å²) < 4.78 is 1.45. The van der Waals surface area contributed by atoms with Gasteiger partial charge >= 0.3 is 0 Å². The van der Waals surface area contributed by atoms with Crippen molar-refractivity contribution in [2.45, 2.75) is 64.8 Å². The minimum atomic E-state index is -0.589. The number of benzene rings is 1. The van der Waals surface area contributed by atoms with E-state index in [1.807, 2.05) is 24.3 Å². The molecule has 4 rings (SSSR count). The van der Waals surface area contributed by atoms with Gasteiger partial charge in [0, 0.05) is 37.7 Å². The largest absolute Gasteiger partial charge is 0.365 e. The van der Waals surface area contributed by atoms with Crippen LogP contribution < -0.4 is 16.8 Å². The number of aryl methyl sites for hydroxylation is 1. The molecule has 0 radical (unpaired) electrons. The van der Waals surface area contributed by atoms with Crippen molar-refractivity contribution in [3.8, 4) is 6.07 Å². The molecular weight excluding hydrogens is 440 g/mol. The molecule has 0 atom stereocenters. The molecule has 1 heterocycles. The van der Waals surface area contributed by atoms with Crippen LogP contribution in [0.4, 0.5) is 5.82 Å². The number of nitrogens with zero attached hydrogens (tertiary/aromatic N) is 3. The van der Waals surface area contributed by atoms with E-state index < -0.39 is 5.91 Å². The van der Waals surface area contributed by atoms with Crippen LogP contribution in [0.1, 0.15) is 74.2 Å². The first kappa shape index (κ1) is 28.1. The number of carbonyl (C=O) groups is 2. The normalized spacial score (nSPS) is 14.0. The second-order valence-electron chi connectivity index (χ2n) is 7.87. The predicted molar refractivity (Wildman–Crippen MR) is 131 cm³/mol. The fraction of sp³-hybridized carbons (Fsp3) is 0.500. The molecule has 1 aromatic carbocycles. The van der Waals surface area contributed by atoms with Crippen molar-refractivity contribution in [3.63, 3.8) is 0 Å². The van der Waals surface area contributed by atoms with E-state index in [9.17, 15) is 9.59 Å². The number of aromatic nitrogens is 2. The SMILES string of the molecule is C1CCCCC1.CC#N.Cn1cc(C(N)=O)c(NC(=O)C2CC2)n1.NCc1ccc(Cl)cc1. The molecular formula is C24H35ClN6O2. The van der Waals surface area contributed by atoms with Crippen LogP contribution in [-0.2, 0) is 18.4 Å². The van der Waals surface area contributed by atoms with Crippen molar-refractivity contribution in [2.24, 2.45) is 24.4 Å². The number of carbonyl (C=O) groups excluding carboxylic acids is 2. The van der Waals surface area contributed by atoms with Gasteiger partial charge in [0.25, 0.3) is 5.91 Å². The third-order valence-corrected chi connectivity index (χ3v) is 5.18. The summed E-state index contributed by atoms with van der Waals surface area (Å²) in [5.41, 5.74) is 11.9. The van der Waals surface area contributed by atoms with Crippen LogP contribution in [0.15, 0.2) is 30.5 Å². The monoisotopic (exact) mass is 474 g/mol. The van der Waals surface area contributed by atoms with E-state index in [0.29, 0.717) is 6.54 Å². The van der Waals surface area contributed by atoms with Gasteiger partial charge in [0.05, 0.1) is 6.07 Å². The number of hydrogen-bond donors (Lipinski definition) is 3. The maximum Gasteiger partial charge on any atom is 0.254 e. The fourth-order valence-corrected chi connectivity index (χ4v) is 3.13. The summed E-state index contributed by atoms with van der Waals surface area (Å²) in [4.78, 5) is 22.5. The van der Waals surface area contributed by atoms with E-state index in [1.165, 1.54) is 56.3 Å². The molecule has 0 unspecified atom stereocenters. The maximum atomic E-state index is 11.4. The van der Waals surface area contributed by atoms with Crippen molar-refractivity contribution in [3.05, 3.63) is 46.6 Å². The third kappa shape index (κ3) is 12.1. The van der Waals surface area contributed by atoms with Gasteiger partial charge in [0.2, 0.25) is 5.91 Å². The van der Waals surface area contributed by atoms with Crippen LogP contribution in [0, 0.1) is 17.2 Å². The fourth-order valence-electron chi connectivity index (χ4n) is 3.01. The second-order valence-corrected chi connectivity index (χ2v) is 8.30. The Bertz CT molecular complexity index is 885. The summed E-state index contributed by atoms with van der Waals surface area (Å²) in [6.45, 7) is 2.01. The lowest BCUT2D eigenvalue weighted by Gasteiger charge is -2.05. The lowest BCUT2D eigenvalue weighted by Crippen LogP contribution is -2.18. The van der Waals surface area contributed by atoms with Crippen molar-refractivity contribution < 1.29 is 9.59 Å². The summed E-state index contributed by atoms with van der Waals surface area (Å²) in [6.07, 6.45) is 12.3. The standard InChI is InChI=1S/C9H12N4O2.C7H8ClN.C6H12.C2H3N/c1-13-4-6(7(10)14)8(12-13)11-9(15)5-2-3-5;8-7-3-1-6(5-9)2-4-7;1-2-4-6-5-3-1;1-2-3/h4-5H,2-3H2,1H3,(H2,10,14)(H,11,12,15);1-4H,5,9H2;1-6H2;1H3. The van der Waals surface area contributed by atoms with E-state index >= 15 is 0 Å². The van der Waals surface area contributed by atoms with Crippen LogP contribution >= 0.6 is 11.6 Å². The van der Waals surface area contributed by atoms with Gasteiger partial charge in [-0.1, -0.05) is 62.3 Å². The quantitative estimate of drug-likeness (QED) is 0.596.